The van der Waals surface area contributed by atoms with Gasteiger partial charge < -0.3 is 15.0 Å². The average Bonchev–Trinajstić information content (AvgIpc) is 2.76. The number of ether oxygens (including phenoxy) is 1. The van der Waals surface area contributed by atoms with Gasteiger partial charge in [-0.15, -0.1) is 0 Å². The first kappa shape index (κ1) is 24.1. The second-order valence-electron chi connectivity index (χ2n) is 10.3. The van der Waals surface area contributed by atoms with Crippen molar-refractivity contribution in [1.29, 1.82) is 0 Å². The monoisotopic (exact) mass is 428 g/mol. The predicted molar refractivity (Wildman–Crippen MR) is 129 cm³/mol. The summed E-state index contributed by atoms with van der Waals surface area (Å²) in [6, 6.07) is 8.49. The van der Waals surface area contributed by atoms with Crippen LogP contribution in [0, 0.1) is 11.3 Å². The lowest BCUT2D eigenvalue weighted by atomic mass is 9.73. The smallest absolute Gasteiger partial charge is 0.226 e. The van der Waals surface area contributed by atoms with E-state index in [0.717, 1.165) is 63.8 Å². The molecule has 0 saturated carbocycles. The number of likely N-dealkylation sites (tertiary alicyclic amines) is 1. The maximum Gasteiger partial charge on any atom is 0.226 e. The number of hydrogen-bond acceptors (Lipinski definition) is 3. The van der Waals surface area contributed by atoms with Gasteiger partial charge in [0.15, 0.2) is 0 Å². The maximum absolute atomic E-state index is 13.6. The van der Waals surface area contributed by atoms with Crippen molar-refractivity contribution in [2.45, 2.75) is 91.0 Å². The largest absolute Gasteiger partial charge is 0.491 e. The van der Waals surface area contributed by atoms with E-state index in [2.05, 4.69) is 49.2 Å². The quantitative estimate of drug-likeness (QED) is 0.600. The highest BCUT2D eigenvalue weighted by Gasteiger charge is 2.41. The Morgan fingerprint density at radius 2 is 1.90 bits per heavy atom. The number of fused-ring (bicyclic) bond motifs is 1. The molecular formula is C27H44N2O2. The van der Waals surface area contributed by atoms with Gasteiger partial charge >= 0.3 is 0 Å². The van der Waals surface area contributed by atoms with E-state index in [0.29, 0.717) is 12.5 Å². The first-order chi connectivity index (χ1) is 15.0. The lowest BCUT2D eigenvalue weighted by Crippen LogP contribution is -2.52. The van der Waals surface area contributed by atoms with Crippen molar-refractivity contribution in [2.24, 2.45) is 11.3 Å². The SMILES string of the molecule is CCCCCN1CCC2(CCCCc3ccccc3OC[C@H](CC(C)C)NC2=O)CC1. The molecule has 0 aliphatic carbocycles. The molecule has 3 rings (SSSR count). The molecule has 1 aromatic rings. The van der Waals surface area contributed by atoms with E-state index in [9.17, 15) is 4.79 Å². The van der Waals surface area contributed by atoms with Crippen molar-refractivity contribution in [3.8, 4) is 5.75 Å². The van der Waals surface area contributed by atoms with Gasteiger partial charge in [-0.1, -0.05) is 58.2 Å². The zero-order valence-corrected chi connectivity index (χ0v) is 20.1. The Hall–Kier alpha value is -1.55. The van der Waals surface area contributed by atoms with E-state index in [1.54, 1.807) is 0 Å². The summed E-state index contributed by atoms with van der Waals surface area (Å²) in [5.74, 6) is 1.79. The van der Waals surface area contributed by atoms with Crippen LogP contribution in [-0.2, 0) is 11.2 Å². The molecule has 1 amide bonds. The first-order valence-electron chi connectivity index (χ1n) is 12.8. The number of amides is 1. The summed E-state index contributed by atoms with van der Waals surface area (Å²) in [6.45, 7) is 10.6. The minimum atomic E-state index is -0.199. The van der Waals surface area contributed by atoms with Gasteiger partial charge in [0.2, 0.25) is 5.91 Å². The van der Waals surface area contributed by atoms with Crippen LogP contribution in [0.2, 0.25) is 0 Å². The van der Waals surface area contributed by atoms with Gasteiger partial charge in [0.1, 0.15) is 12.4 Å². The Morgan fingerprint density at radius 3 is 2.65 bits per heavy atom. The minimum absolute atomic E-state index is 0.0689. The highest BCUT2D eigenvalue weighted by molar-refractivity contribution is 5.83. The van der Waals surface area contributed by atoms with E-state index in [1.807, 2.05) is 6.07 Å². The standard InChI is InChI=1S/C27H44N2O2/c1-4-5-10-17-29-18-15-27(16-19-29)14-9-8-12-23-11-6-7-13-25(23)31-21-24(20-22(2)3)28-26(27)30/h6-7,11,13,22,24H,4-5,8-10,12,14-21H2,1-3H3,(H,28,30)/t24-/m0/s1. The second-order valence-corrected chi connectivity index (χ2v) is 10.3. The second kappa shape index (κ2) is 11.9. The molecule has 1 N–H and O–H groups in total. The molecule has 31 heavy (non-hydrogen) atoms. The van der Waals surface area contributed by atoms with Crippen LogP contribution in [0.15, 0.2) is 24.3 Å². The number of unbranched alkanes of at least 4 members (excludes halogenated alkanes) is 2. The fraction of sp³-hybridized carbons (Fsp3) is 0.741. The number of aryl methyl sites for hydroxylation is 1. The molecule has 2 aliphatic rings. The Kier molecular flexibility index (Phi) is 9.25. The molecule has 0 radical (unpaired) electrons. The van der Waals surface area contributed by atoms with Crippen LogP contribution in [0.25, 0.3) is 0 Å². The molecule has 1 atom stereocenters. The van der Waals surface area contributed by atoms with Crippen LogP contribution in [-0.4, -0.2) is 43.1 Å². The van der Waals surface area contributed by atoms with Crippen molar-refractivity contribution < 1.29 is 9.53 Å². The lowest BCUT2D eigenvalue weighted by Gasteiger charge is -2.42. The Bertz CT molecular complexity index is 680. The summed E-state index contributed by atoms with van der Waals surface area (Å²) in [5, 5.41) is 3.44. The van der Waals surface area contributed by atoms with Crippen molar-refractivity contribution in [3.63, 3.8) is 0 Å². The fourth-order valence-corrected chi connectivity index (χ4v) is 5.28. The molecule has 1 fully saturated rings. The number of hydrogen-bond donors (Lipinski definition) is 1. The molecule has 2 aliphatic heterocycles. The summed E-state index contributed by atoms with van der Waals surface area (Å²) < 4.78 is 6.25. The molecule has 4 nitrogen and oxygen atoms in total. The third kappa shape index (κ3) is 6.97. The number of nitrogens with zero attached hydrogens (tertiary/aromatic N) is 1. The molecule has 0 aromatic heterocycles. The van der Waals surface area contributed by atoms with Gasteiger partial charge in [-0.2, -0.15) is 0 Å². The third-order valence-corrected chi connectivity index (χ3v) is 7.23. The number of benzene rings is 1. The molecule has 2 heterocycles. The number of piperidine rings is 1. The molecule has 1 saturated heterocycles. The van der Waals surface area contributed by atoms with E-state index in [-0.39, 0.29) is 17.4 Å². The van der Waals surface area contributed by atoms with Crippen LogP contribution in [0.4, 0.5) is 0 Å². The number of carbonyl (C=O) groups excluding carboxylic acids is 1. The predicted octanol–water partition coefficient (Wildman–Crippen LogP) is 5.60. The highest BCUT2D eigenvalue weighted by Crippen LogP contribution is 2.38. The zero-order valence-electron chi connectivity index (χ0n) is 20.1. The zero-order chi connectivity index (χ0) is 22.1. The Morgan fingerprint density at radius 1 is 1.13 bits per heavy atom. The summed E-state index contributed by atoms with van der Waals surface area (Å²) in [7, 11) is 0. The van der Waals surface area contributed by atoms with Crippen LogP contribution in [0.5, 0.6) is 5.75 Å². The van der Waals surface area contributed by atoms with Crippen LogP contribution in [0.3, 0.4) is 0 Å². The van der Waals surface area contributed by atoms with Gasteiger partial charge in [0.25, 0.3) is 0 Å². The topological polar surface area (TPSA) is 41.6 Å². The van der Waals surface area contributed by atoms with Gasteiger partial charge in [-0.05, 0) is 82.1 Å². The number of nitrogens with one attached hydrogen (secondary N) is 1. The highest BCUT2D eigenvalue weighted by atomic mass is 16.5. The summed E-state index contributed by atoms with van der Waals surface area (Å²) >= 11 is 0. The molecule has 174 valence electrons. The lowest BCUT2D eigenvalue weighted by molar-refractivity contribution is -0.135. The van der Waals surface area contributed by atoms with E-state index in [1.165, 1.54) is 31.4 Å². The van der Waals surface area contributed by atoms with Gasteiger partial charge in [0, 0.05) is 0 Å². The van der Waals surface area contributed by atoms with Crippen molar-refractivity contribution in [3.05, 3.63) is 29.8 Å². The Labute approximate surface area is 190 Å². The third-order valence-electron chi connectivity index (χ3n) is 7.23. The van der Waals surface area contributed by atoms with Gasteiger partial charge in [0.05, 0.1) is 11.5 Å². The molecule has 4 heteroatoms. The average molecular weight is 429 g/mol. The normalized spacial score (nSPS) is 22.8. The minimum Gasteiger partial charge on any atom is -0.491 e. The van der Waals surface area contributed by atoms with Crippen LogP contribution < -0.4 is 10.1 Å². The summed E-state index contributed by atoms with van der Waals surface area (Å²) in [6.07, 6.45) is 11.1. The van der Waals surface area contributed by atoms with Crippen LogP contribution in [0.1, 0.15) is 84.1 Å². The molecule has 0 unspecified atom stereocenters. The van der Waals surface area contributed by atoms with Crippen LogP contribution >= 0.6 is 0 Å². The number of rotatable bonds is 6. The van der Waals surface area contributed by atoms with E-state index in [4.69, 9.17) is 4.74 Å². The first-order valence-corrected chi connectivity index (χ1v) is 12.8. The van der Waals surface area contributed by atoms with Gasteiger partial charge in [-0.25, -0.2) is 0 Å². The van der Waals surface area contributed by atoms with Crippen molar-refractivity contribution >= 4 is 5.91 Å². The molecule has 1 spiro atoms. The number of para-hydroxylation sites is 1. The van der Waals surface area contributed by atoms with Gasteiger partial charge in [-0.3, -0.25) is 4.79 Å². The van der Waals surface area contributed by atoms with Crippen molar-refractivity contribution in [1.82, 2.24) is 10.2 Å². The molecular weight excluding hydrogens is 384 g/mol. The summed E-state index contributed by atoms with van der Waals surface area (Å²) in [5.41, 5.74) is 1.10. The van der Waals surface area contributed by atoms with E-state index < -0.39 is 0 Å². The molecule has 1 aromatic carbocycles. The van der Waals surface area contributed by atoms with E-state index >= 15 is 0 Å². The van der Waals surface area contributed by atoms with Crippen molar-refractivity contribution in [2.75, 3.05) is 26.2 Å². The fourth-order valence-electron chi connectivity index (χ4n) is 5.28. The molecule has 0 bridgehead atoms. The Balaban J connectivity index is 1.71. The maximum atomic E-state index is 13.6. The number of carbonyl (C=O) groups is 1. The summed E-state index contributed by atoms with van der Waals surface area (Å²) in [4.78, 5) is 16.2.